The van der Waals surface area contributed by atoms with Crippen LogP contribution in [-0.2, 0) is 23.1 Å². The number of halogens is 2. The summed E-state index contributed by atoms with van der Waals surface area (Å²) in [5.41, 5.74) is 1.03. The van der Waals surface area contributed by atoms with E-state index in [0.717, 1.165) is 0 Å². The van der Waals surface area contributed by atoms with Crippen LogP contribution in [0, 0.1) is 0 Å². The Morgan fingerprint density at radius 3 is 2.34 bits per heavy atom. The average molecular weight is 543 g/mol. The number of carbonyl (C=O) groups is 1. The minimum Gasteiger partial charge on any atom is -0.479 e. The summed E-state index contributed by atoms with van der Waals surface area (Å²) < 4.78 is 39.3. The van der Waals surface area contributed by atoms with E-state index < -0.39 is 19.7 Å². The second kappa shape index (κ2) is 12.5. The number of aromatic nitrogens is 2. The summed E-state index contributed by atoms with van der Waals surface area (Å²) in [6.45, 7) is 5.35. The molecule has 0 radical (unpaired) electrons. The van der Waals surface area contributed by atoms with Gasteiger partial charge in [0.15, 0.2) is 6.10 Å². The van der Waals surface area contributed by atoms with E-state index in [9.17, 15) is 9.36 Å². The molecule has 1 atom stereocenters. The number of ether oxygens (including phenoxy) is 3. The SMILES string of the molecule is CCOP(=O)(CCOC(=O)[C@@H](C)Oc1ccc(Oc2cnc3c(Cl)c(Cl)ccc3n2)cc1)OCC. The first kappa shape index (κ1) is 27.2. The zero-order valence-corrected chi connectivity index (χ0v) is 21.8. The summed E-state index contributed by atoms with van der Waals surface area (Å²) in [5, 5.41) is 0.724. The molecule has 0 spiro atoms. The normalized spacial score (nSPS) is 12.4. The highest BCUT2D eigenvalue weighted by Gasteiger charge is 2.25. The number of hydrogen-bond acceptors (Lipinski definition) is 9. The van der Waals surface area contributed by atoms with Gasteiger partial charge in [0, 0.05) is 0 Å². The fourth-order valence-corrected chi connectivity index (χ4v) is 4.75. The molecule has 0 fully saturated rings. The lowest BCUT2D eigenvalue weighted by molar-refractivity contribution is -0.150. The Morgan fingerprint density at radius 1 is 1.03 bits per heavy atom. The van der Waals surface area contributed by atoms with Crippen LogP contribution in [0.2, 0.25) is 10.0 Å². The van der Waals surface area contributed by atoms with Crippen molar-refractivity contribution in [2.75, 3.05) is 26.0 Å². The van der Waals surface area contributed by atoms with E-state index in [4.69, 9.17) is 46.5 Å². The molecule has 0 saturated carbocycles. The Labute approximate surface area is 213 Å². The molecule has 0 saturated heterocycles. The standard InChI is InChI=1S/C23H25Cl2N2O7P/c1-4-31-35(29,32-5-2)13-12-30-23(28)15(3)33-16-6-8-17(9-7-16)34-20-14-26-22-19(27-20)11-10-18(24)21(22)25/h6-11,14-15H,4-5,12-13H2,1-3H3/t15-/m1/s1. The molecule has 0 aliphatic rings. The molecule has 0 N–H and O–H groups in total. The summed E-state index contributed by atoms with van der Waals surface area (Å²) in [5.74, 6) is 0.596. The number of nitrogens with zero attached hydrogens (tertiary/aromatic N) is 2. The first-order chi connectivity index (χ1) is 16.7. The second-order valence-electron chi connectivity index (χ2n) is 7.11. The highest BCUT2D eigenvalue weighted by molar-refractivity contribution is 7.53. The molecule has 0 unspecified atom stereocenters. The van der Waals surface area contributed by atoms with E-state index in [-0.39, 0.29) is 31.9 Å². The third kappa shape index (κ3) is 7.53. The van der Waals surface area contributed by atoms with Crippen molar-refractivity contribution in [2.24, 2.45) is 0 Å². The van der Waals surface area contributed by atoms with Crippen molar-refractivity contribution in [3.05, 3.63) is 52.6 Å². The van der Waals surface area contributed by atoms with E-state index in [1.54, 1.807) is 57.2 Å². The Kier molecular flexibility index (Phi) is 9.71. The molecule has 188 valence electrons. The molecule has 0 amide bonds. The van der Waals surface area contributed by atoms with Crippen LogP contribution in [0.15, 0.2) is 42.6 Å². The largest absolute Gasteiger partial charge is 0.479 e. The summed E-state index contributed by atoms with van der Waals surface area (Å²) in [7, 11) is -3.28. The van der Waals surface area contributed by atoms with Gasteiger partial charge in [0.2, 0.25) is 5.88 Å². The van der Waals surface area contributed by atoms with Crippen LogP contribution >= 0.6 is 30.8 Å². The van der Waals surface area contributed by atoms with Crippen molar-refractivity contribution in [3.63, 3.8) is 0 Å². The van der Waals surface area contributed by atoms with Crippen molar-refractivity contribution in [1.82, 2.24) is 9.97 Å². The average Bonchev–Trinajstić information content (AvgIpc) is 2.83. The van der Waals surface area contributed by atoms with Gasteiger partial charge in [0.05, 0.1) is 41.1 Å². The lowest BCUT2D eigenvalue weighted by Gasteiger charge is -2.18. The molecule has 0 aliphatic heterocycles. The minimum absolute atomic E-state index is 0.0317. The van der Waals surface area contributed by atoms with Gasteiger partial charge < -0.3 is 23.3 Å². The van der Waals surface area contributed by atoms with E-state index >= 15 is 0 Å². The Hall–Kier alpha value is -2.42. The van der Waals surface area contributed by atoms with Crippen LogP contribution in [0.3, 0.4) is 0 Å². The lowest BCUT2D eigenvalue weighted by atomic mass is 10.3. The Morgan fingerprint density at radius 2 is 1.69 bits per heavy atom. The number of carbonyl (C=O) groups excluding carboxylic acids is 1. The molecule has 12 heteroatoms. The van der Waals surface area contributed by atoms with Gasteiger partial charge in [0.25, 0.3) is 0 Å². The van der Waals surface area contributed by atoms with Gasteiger partial charge in [-0.15, -0.1) is 0 Å². The van der Waals surface area contributed by atoms with Crippen molar-refractivity contribution in [3.8, 4) is 17.4 Å². The third-order valence-corrected chi connectivity index (χ3v) is 7.36. The highest BCUT2D eigenvalue weighted by atomic mass is 35.5. The molecular weight excluding hydrogens is 518 g/mol. The number of rotatable bonds is 12. The van der Waals surface area contributed by atoms with Crippen LogP contribution in [0.4, 0.5) is 0 Å². The first-order valence-corrected chi connectivity index (χ1v) is 13.3. The van der Waals surface area contributed by atoms with Crippen molar-refractivity contribution in [1.29, 1.82) is 0 Å². The Balaban J connectivity index is 1.53. The predicted molar refractivity (Wildman–Crippen MR) is 133 cm³/mol. The maximum absolute atomic E-state index is 12.4. The number of hydrogen-bond donors (Lipinski definition) is 0. The van der Waals surface area contributed by atoms with E-state index in [0.29, 0.717) is 32.6 Å². The van der Waals surface area contributed by atoms with Gasteiger partial charge in [-0.25, -0.2) is 14.8 Å². The number of benzene rings is 2. The molecule has 0 bridgehead atoms. The molecule has 1 aromatic heterocycles. The number of fused-ring (bicyclic) bond motifs is 1. The van der Waals surface area contributed by atoms with Crippen LogP contribution in [0.1, 0.15) is 20.8 Å². The minimum atomic E-state index is -3.28. The third-order valence-electron chi connectivity index (χ3n) is 4.53. The van der Waals surface area contributed by atoms with Gasteiger partial charge in [-0.1, -0.05) is 23.2 Å². The predicted octanol–water partition coefficient (Wildman–Crippen LogP) is 6.31. The molecule has 9 nitrogen and oxygen atoms in total. The zero-order chi connectivity index (χ0) is 25.4. The zero-order valence-electron chi connectivity index (χ0n) is 19.4. The fraction of sp³-hybridized carbons (Fsp3) is 0.348. The van der Waals surface area contributed by atoms with Crippen molar-refractivity contribution < 1.29 is 32.6 Å². The van der Waals surface area contributed by atoms with E-state index in [1.165, 1.54) is 6.20 Å². The van der Waals surface area contributed by atoms with Gasteiger partial charge in [-0.3, -0.25) is 4.57 Å². The summed E-state index contributed by atoms with van der Waals surface area (Å²) in [6, 6.07) is 9.95. The smallest absolute Gasteiger partial charge is 0.347 e. The van der Waals surface area contributed by atoms with Crippen LogP contribution in [0.5, 0.6) is 17.4 Å². The molecule has 0 aliphatic carbocycles. The Bertz CT molecular complexity index is 1200. The molecule has 1 heterocycles. The first-order valence-electron chi connectivity index (χ1n) is 10.8. The maximum Gasteiger partial charge on any atom is 0.347 e. The lowest BCUT2D eigenvalue weighted by Crippen LogP contribution is -2.27. The van der Waals surface area contributed by atoms with Crippen molar-refractivity contribution in [2.45, 2.75) is 26.9 Å². The van der Waals surface area contributed by atoms with E-state index in [2.05, 4.69) is 9.97 Å². The van der Waals surface area contributed by atoms with Crippen LogP contribution in [0.25, 0.3) is 11.0 Å². The van der Waals surface area contributed by atoms with E-state index in [1.807, 2.05) is 0 Å². The molecule has 3 aromatic rings. The van der Waals surface area contributed by atoms with Crippen molar-refractivity contribution >= 4 is 47.8 Å². The van der Waals surface area contributed by atoms with Gasteiger partial charge in [-0.05, 0) is 57.2 Å². The second-order valence-corrected chi connectivity index (χ2v) is 10.1. The van der Waals surface area contributed by atoms with Gasteiger partial charge in [-0.2, -0.15) is 0 Å². The molecule has 2 aromatic carbocycles. The summed E-state index contributed by atoms with van der Waals surface area (Å²) >= 11 is 12.1. The maximum atomic E-state index is 12.4. The quantitative estimate of drug-likeness (QED) is 0.192. The monoisotopic (exact) mass is 542 g/mol. The topological polar surface area (TPSA) is 106 Å². The highest BCUT2D eigenvalue weighted by Crippen LogP contribution is 2.47. The summed E-state index contributed by atoms with van der Waals surface area (Å²) in [6.07, 6.45) is 0.530. The van der Waals surface area contributed by atoms with Crippen LogP contribution in [-0.4, -0.2) is 48.0 Å². The molecule has 3 rings (SSSR count). The summed E-state index contributed by atoms with van der Waals surface area (Å²) in [4.78, 5) is 20.9. The van der Waals surface area contributed by atoms with Gasteiger partial charge >= 0.3 is 13.6 Å². The fourth-order valence-electron chi connectivity index (χ4n) is 2.95. The van der Waals surface area contributed by atoms with Gasteiger partial charge in [0.1, 0.15) is 23.6 Å². The molecule has 35 heavy (non-hydrogen) atoms. The number of esters is 1. The molecular formula is C23H25Cl2N2O7P. The van der Waals surface area contributed by atoms with Crippen LogP contribution < -0.4 is 9.47 Å².